The largest absolute Gasteiger partial charge is 0.376 e. The molecule has 0 unspecified atom stereocenters. The van der Waals surface area contributed by atoms with Crippen LogP contribution in [0.15, 0.2) is 47.2 Å². The maximum Gasteiger partial charge on any atom is 0.269 e. The van der Waals surface area contributed by atoms with E-state index in [0.29, 0.717) is 6.42 Å². The third-order valence-corrected chi connectivity index (χ3v) is 5.53. The van der Waals surface area contributed by atoms with Gasteiger partial charge in [0.05, 0.1) is 21.5 Å². The number of rotatable bonds is 6. The van der Waals surface area contributed by atoms with Crippen molar-refractivity contribution in [2.75, 3.05) is 0 Å². The summed E-state index contributed by atoms with van der Waals surface area (Å²) in [6, 6.07) is 10.3. The molecule has 3 aromatic rings. The minimum atomic E-state index is -0.414. The Bertz CT molecular complexity index is 875. The zero-order chi connectivity index (χ0) is 17.8. The lowest BCUT2D eigenvalue weighted by molar-refractivity contribution is -0.384. The topological polar surface area (TPSA) is 94.1 Å². The summed E-state index contributed by atoms with van der Waals surface area (Å²) in [4.78, 5) is 16.2. The molecule has 3 rings (SSSR count). The lowest BCUT2D eigenvalue weighted by Gasteiger charge is -2.17. The van der Waals surface area contributed by atoms with Crippen molar-refractivity contribution in [3.05, 3.63) is 68.5 Å². The Kier molecular flexibility index (Phi) is 5.37. The van der Waals surface area contributed by atoms with Gasteiger partial charge in [-0.1, -0.05) is 18.2 Å². The van der Waals surface area contributed by atoms with E-state index in [1.54, 1.807) is 34.8 Å². The molecule has 0 spiro atoms. The van der Waals surface area contributed by atoms with Crippen molar-refractivity contribution in [3.63, 3.8) is 0 Å². The summed E-state index contributed by atoms with van der Waals surface area (Å²) >= 11 is 8.19. The lowest BCUT2D eigenvalue weighted by atomic mass is 10.0. The number of nitrogens with zero attached hydrogens (tertiary/aromatic N) is 2. The fourth-order valence-corrected chi connectivity index (χ4v) is 4.18. The van der Waals surface area contributed by atoms with Gasteiger partial charge in [-0.05, 0) is 35.6 Å². The average Bonchev–Trinajstić information content (AvgIpc) is 3.25. The molecule has 0 fully saturated rings. The van der Waals surface area contributed by atoms with E-state index in [2.05, 4.69) is 5.32 Å². The number of thiocarbonyl (C=S) groups is 1. The summed E-state index contributed by atoms with van der Waals surface area (Å²) in [7, 11) is 0. The van der Waals surface area contributed by atoms with E-state index in [4.69, 9.17) is 22.9 Å². The second-order valence-corrected chi connectivity index (χ2v) is 7.49. The third-order valence-electron chi connectivity index (χ3n) is 3.51. The van der Waals surface area contributed by atoms with Crippen LogP contribution in [0.25, 0.3) is 9.88 Å². The van der Waals surface area contributed by atoms with Gasteiger partial charge in [0.1, 0.15) is 5.01 Å². The van der Waals surface area contributed by atoms with Crippen molar-refractivity contribution in [2.45, 2.75) is 12.5 Å². The van der Waals surface area contributed by atoms with Crippen LogP contribution in [0, 0.1) is 10.1 Å². The summed E-state index contributed by atoms with van der Waals surface area (Å²) in [5, 5.41) is 19.0. The minimum Gasteiger partial charge on any atom is -0.376 e. The van der Waals surface area contributed by atoms with E-state index < -0.39 is 4.92 Å². The second-order valence-electron chi connectivity index (χ2n) is 5.24. The Labute approximate surface area is 157 Å². The molecular weight excluding hydrogens is 376 g/mol. The quantitative estimate of drug-likeness (QED) is 0.377. The number of nitro groups is 1. The first kappa shape index (κ1) is 17.5. The highest BCUT2D eigenvalue weighted by molar-refractivity contribution is 7.80. The number of nitrogens with one attached hydrogen (secondary N) is 1. The van der Waals surface area contributed by atoms with Crippen molar-refractivity contribution < 1.29 is 4.92 Å². The molecule has 1 atom stereocenters. The number of thiazole rings is 1. The van der Waals surface area contributed by atoms with E-state index >= 15 is 0 Å². The maximum absolute atomic E-state index is 10.8. The summed E-state index contributed by atoms with van der Waals surface area (Å²) in [5.74, 6) is 0. The number of hydrogen-bond donors (Lipinski definition) is 2. The van der Waals surface area contributed by atoms with Gasteiger partial charge in [0.15, 0.2) is 5.11 Å². The SMILES string of the molecule is NC(=S)N[C@@H](Cc1ccc([N+](=O)[O-])cc1)c1csc(-c2cccs2)n1. The predicted molar refractivity (Wildman–Crippen MR) is 105 cm³/mol. The molecule has 2 aromatic heterocycles. The first-order valence-corrected chi connectivity index (χ1v) is 9.48. The minimum absolute atomic E-state index is 0.0660. The molecule has 0 saturated carbocycles. The molecule has 0 aliphatic rings. The van der Waals surface area contributed by atoms with Gasteiger partial charge in [-0.25, -0.2) is 4.98 Å². The number of nitrogens with two attached hydrogens (primary N) is 1. The standard InChI is InChI=1S/C16H14N4O2S3/c17-16(23)19-12(8-10-3-5-11(6-4-10)20(21)22)13-9-25-15(18-13)14-2-1-7-24-14/h1-7,9,12H,8H2,(H3,17,19,23)/t12-/m0/s1. The van der Waals surface area contributed by atoms with E-state index in [1.807, 2.05) is 22.9 Å². The molecule has 0 aliphatic carbocycles. The summed E-state index contributed by atoms with van der Waals surface area (Å²) in [5.41, 5.74) is 7.51. The van der Waals surface area contributed by atoms with Gasteiger partial charge < -0.3 is 11.1 Å². The van der Waals surface area contributed by atoms with Crippen LogP contribution in [0.4, 0.5) is 5.69 Å². The summed E-state index contributed by atoms with van der Waals surface area (Å²) in [6.45, 7) is 0. The zero-order valence-corrected chi connectivity index (χ0v) is 15.4. The first-order chi connectivity index (χ1) is 12.0. The van der Waals surface area contributed by atoms with Gasteiger partial charge >= 0.3 is 0 Å². The Hall–Kier alpha value is -2.36. The average molecular weight is 391 g/mol. The molecule has 6 nitrogen and oxygen atoms in total. The summed E-state index contributed by atoms with van der Waals surface area (Å²) < 4.78 is 0. The van der Waals surface area contributed by atoms with Crippen LogP contribution in [-0.2, 0) is 6.42 Å². The molecule has 128 valence electrons. The molecule has 0 saturated heterocycles. The number of thiophene rings is 1. The van der Waals surface area contributed by atoms with Crippen molar-refractivity contribution in [2.24, 2.45) is 5.73 Å². The van der Waals surface area contributed by atoms with E-state index in [0.717, 1.165) is 21.1 Å². The van der Waals surface area contributed by atoms with Crippen LogP contribution in [0.3, 0.4) is 0 Å². The van der Waals surface area contributed by atoms with Crippen LogP contribution >= 0.6 is 34.9 Å². The van der Waals surface area contributed by atoms with Crippen molar-refractivity contribution in [1.29, 1.82) is 0 Å². The number of benzene rings is 1. The highest BCUT2D eigenvalue weighted by Gasteiger charge is 2.18. The number of nitro benzene ring substituents is 1. The van der Waals surface area contributed by atoms with Crippen molar-refractivity contribution in [3.8, 4) is 9.88 Å². The normalized spacial score (nSPS) is 11.8. The molecule has 0 amide bonds. The number of aromatic nitrogens is 1. The van der Waals surface area contributed by atoms with Crippen LogP contribution in [0.1, 0.15) is 17.3 Å². The van der Waals surface area contributed by atoms with Crippen LogP contribution < -0.4 is 11.1 Å². The Morgan fingerprint density at radius 3 is 2.68 bits per heavy atom. The van der Waals surface area contributed by atoms with E-state index in [1.165, 1.54) is 12.1 Å². The van der Waals surface area contributed by atoms with Crippen LogP contribution in [0.2, 0.25) is 0 Å². The van der Waals surface area contributed by atoms with Crippen LogP contribution in [0.5, 0.6) is 0 Å². The Morgan fingerprint density at radius 1 is 1.32 bits per heavy atom. The smallest absolute Gasteiger partial charge is 0.269 e. The molecule has 3 N–H and O–H groups in total. The van der Waals surface area contributed by atoms with E-state index in [-0.39, 0.29) is 16.8 Å². The van der Waals surface area contributed by atoms with Gasteiger partial charge in [-0.3, -0.25) is 10.1 Å². The van der Waals surface area contributed by atoms with Gasteiger partial charge in [-0.2, -0.15) is 0 Å². The van der Waals surface area contributed by atoms with Gasteiger partial charge in [0, 0.05) is 17.5 Å². The van der Waals surface area contributed by atoms with Crippen LogP contribution in [-0.4, -0.2) is 15.0 Å². The number of non-ortho nitro benzene ring substituents is 1. The highest BCUT2D eigenvalue weighted by Crippen LogP contribution is 2.30. The Balaban J connectivity index is 1.82. The summed E-state index contributed by atoms with van der Waals surface area (Å²) in [6.07, 6.45) is 0.572. The predicted octanol–water partition coefficient (Wildman–Crippen LogP) is 3.90. The van der Waals surface area contributed by atoms with Crippen molar-refractivity contribution >= 4 is 45.7 Å². The van der Waals surface area contributed by atoms with Gasteiger partial charge in [0.25, 0.3) is 5.69 Å². The number of hydrogen-bond acceptors (Lipinski definition) is 6. The third kappa shape index (κ3) is 4.38. The fraction of sp³-hybridized carbons (Fsp3) is 0.125. The Morgan fingerprint density at radius 2 is 2.08 bits per heavy atom. The molecule has 9 heteroatoms. The zero-order valence-electron chi connectivity index (χ0n) is 12.9. The fourth-order valence-electron chi connectivity index (χ4n) is 2.35. The molecule has 0 radical (unpaired) electrons. The highest BCUT2D eigenvalue weighted by atomic mass is 32.1. The molecule has 0 bridgehead atoms. The van der Waals surface area contributed by atoms with Gasteiger partial charge in [-0.15, -0.1) is 22.7 Å². The molecule has 1 aromatic carbocycles. The maximum atomic E-state index is 10.8. The molecule has 25 heavy (non-hydrogen) atoms. The monoisotopic (exact) mass is 390 g/mol. The first-order valence-electron chi connectivity index (χ1n) is 7.31. The van der Waals surface area contributed by atoms with Gasteiger partial charge in [0.2, 0.25) is 0 Å². The second kappa shape index (κ2) is 7.68. The molecular formula is C16H14N4O2S3. The van der Waals surface area contributed by atoms with Crippen molar-refractivity contribution in [1.82, 2.24) is 10.3 Å². The molecule has 0 aliphatic heterocycles. The molecule has 2 heterocycles. The van der Waals surface area contributed by atoms with E-state index in [9.17, 15) is 10.1 Å². The lowest BCUT2D eigenvalue weighted by Crippen LogP contribution is -2.34.